The third kappa shape index (κ3) is 1.62. The van der Waals surface area contributed by atoms with Crippen molar-refractivity contribution in [1.82, 2.24) is 9.55 Å². The summed E-state index contributed by atoms with van der Waals surface area (Å²) in [5.41, 5.74) is 2.90. The average molecular weight is 206 g/mol. The van der Waals surface area contributed by atoms with Crippen LogP contribution in [0.4, 0.5) is 0 Å². The van der Waals surface area contributed by atoms with Crippen molar-refractivity contribution in [2.24, 2.45) is 7.05 Å². The van der Waals surface area contributed by atoms with Gasteiger partial charge in [-0.05, 0) is 36.1 Å². The molecule has 3 heteroatoms. The van der Waals surface area contributed by atoms with Gasteiger partial charge in [0, 0.05) is 25.9 Å². The van der Waals surface area contributed by atoms with E-state index in [9.17, 15) is 0 Å². The Balaban J connectivity index is 2.27. The molecule has 0 aliphatic rings. The number of imidazole rings is 1. The third-order valence-electron chi connectivity index (χ3n) is 2.76. The lowest BCUT2D eigenvalue weighted by molar-refractivity contribution is 0.824. The molecule has 1 unspecified atom stereocenters. The van der Waals surface area contributed by atoms with Crippen LogP contribution in [0, 0.1) is 13.8 Å². The zero-order chi connectivity index (χ0) is 10.1. The quantitative estimate of drug-likeness (QED) is 0.738. The average Bonchev–Trinajstić information content (AvgIpc) is 2.68. The van der Waals surface area contributed by atoms with Crippen molar-refractivity contribution >= 4 is 8.19 Å². The first-order valence-electron chi connectivity index (χ1n) is 4.78. The van der Waals surface area contributed by atoms with E-state index < -0.39 is 0 Å². The lowest BCUT2D eigenvalue weighted by Crippen LogP contribution is -1.97. The molecule has 14 heavy (non-hydrogen) atoms. The molecule has 0 spiro atoms. The highest BCUT2D eigenvalue weighted by molar-refractivity contribution is 7.30. The number of rotatable bonds is 2. The molecule has 0 N–H and O–H groups in total. The normalized spacial score (nSPS) is 11.4. The molecule has 2 nitrogen and oxygen atoms in total. The summed E-state index contributed by atoms with van der Waals surface area (Å²) in [7, 11) is 2.91. The van der Waals surface area contributed by atoms with Gasteiger partial charge in [0.05, 0.1) is 0 Å². The second kappa shape index (κ2) is 3.62. The number of aryl methyl sites for hydroxylation is 2. The fraction of sp³-hybridized carbons (Fsp3) is 0.364. The van der Waals surface area contributed by atoms with Gasteiger partial charge in [-0.15, -0.1) is 8.19 Å². The van der Waals surface area contributed by atoms with Crippen molar-refractivity contribution in [2.45, 2.75) is 20.3 Å². The van der Waals surface area contributed by atoms with E-state index in [4.69, 9.17) is 0 Å². The van der Waals surface area contributed by atoms with E-state index in [-0.39, 0.29) is 0 Å². The van der Waals surface area contributed by atoms with Gasteiger partial charge in [0.1, 0.15) is 5.82 Å². The number of nitrogens with zero attached hydrogens (tertiary/aromatic N) is 2. The predicted octanol–water partition coefficient (Wildman–Crippen LogP) is 2.66. The molecule has 0 aliphatic carbocycles. The fourth-order valence-corrected chi connectivity index (χ4v) is 2.84. The van der Waals surface area contributed by atoms with Crippen LogP contribution in [-0.4, -0.2) is 9.55 Å². The lowest BCUT2D eigenvalue weighted by atomic mass is 10.1. The van der Waals surface area contributed by atoms with E-state index in [0.717, 1.165) is 20.4 Å². The predicted molar refractivity (Wildman–Crippen MR) is 61.4 cm³/mol. The van der Waals surface area contributed by atoms with Crippen LogP contribution in [0.5, 0.6) is 0 Å². The second-order valence-corrected chi connectivity index (χ2v) is 4.89. The molecule has 1 atom stereocenters. The Labute approximate surface area is 86.1 Å². The molecule has 0 amide bonds. The first kappa shape index (κ1) is 9.54. The summed E-state index contributed by atoms with van der Waals surface area (Å²) in [5, 5.41) is 1.54. The first-order chi connectivity index (χ1) is 6.68. The highest BCUT2D eigenvalue weighted by Gasteiger charge is 2.06. The summed E-state index contributed by atoms with van der Waals surface area (Å²) in [6.45, 7) is 4.40. The molecule has 0 saturated heterocycles. The maximum atomic E-state index is 4.35. The van der Waals surface area contributed by atoms with E-state index >= 15 is 0 Å². The Hall–Kier alpha value is -1.01. The van der Waals surface area contributed by atoms with Crippen molar-refractivity contribution in [3.8, 4) is 0 Å². The highest BCUT2D eigenvalue weighted by atomic mass is 31.0. The van der Waals surface area contributed by atoms with Gasteiger partial charge in [-0.1, -0.05) is 0 Å². The Morgan fingerprint density at radius 1 is 1.43 bits per heavy atom. The van der Waals surface area contributed by atoms with E-state index in [2.05, 4.69) is 36.2 Å². The Bertz CT molecular complexity index is 440. The van der Waals surface area contributed by atoms with Crippen LogP contribution in [0.3, 0.4) is 0 Å². The molecule has 2 aromatic heterocycles. The molecular weight excluding hydrogens is 191 g/mol. The molecule has 2 heterocycles. The van der Waals surface area contributed by atoms with Crippen LogP contribution in [0.1, 0.15) is 22.2 Å². The summed E-state index contributed by atoms with van der Waals surface area (Å²) in [4.78, 5) is 4.35. The summed E-state index contributed by atoms with van der Waals surface area (Å²) in [6.07, 6.45) is 4.87. The molecule has 0 aliphatic heterocycles. The summed E-state index contributed by atoms with van der Waals surface area (Å²) in [5.74, 6) is 3.49. The summed E-state index contributed by atoms with van der Waals surface area (Å²) < 4.78 is 2.10. The van der Waals surface area contributed by atoms with Gasteiger partial charge < -0.3 is 4.57 Å². The van der Waals surface area contributed by atoms with Crippen molar-refractivity contribution in [3.05, 3.63) is 40.4 Å². The molecule has 0 fully saturated rings. The number of hydrogen-bond acceptors (Lipinski definition) is 1. The van der Waals surface area contributed by atoms with Crippen LogP contribution >= 0.6 is 8.19 Å². The van der Waals surface area contributed by atoms with Crippen LogP contribution < -0.4 is 0 Å². The zero-order valence-corrected chi connectivity index (χ0v) is 9.83. The lowest BCUT2D eigenvalue weighted by Gasteiger charge is -2.01. The van der Waals surface area contributed by atoms with Gasteiger partial charge in [-0.25, -0.2) is 4.98 Å². The minimum atomic E-state index is 0.859. The van der Waals surface area contributed by atoms with Gasteiger partial charge in [0.2, 0.25) is 0 Å². The number of hydrogen-bond donors (Lipinski definition) is 0. The van der Waals surface area contributed by atoms with E-state index in [0.29, 0.717) is 0 Å². The molecule has 74 valence electrons. The van der Waals surface area contributed by atoms with Crippen LogP contribution in [0.15, 0.2) is 18.2 Å². The van der Waals surface area contributed by atoms with Crippen molar-refractivity contribution in [2.75, 3.05) is 0 Å². The minimum Gasteiger partial charge on any atom is -0.338 e. The van der Waals surface area contributed by atoms with Gasteiger partial charge in [-0.3, -0.25) is 0 Å². The van der Waals surface area contributed by atoms with Crippen molar-refractivity contribution in [3.63, 3.8) is 0 Å². The van der Waals surface area contributed by atoms with Crippen LogP contribution in [0.2, 0.25) is 0 Å². The van der Waals surface area contributed by atoms with Gasteiger partial charge in [0.25, 0.3) is 0 Å². The Morgan fingerprint density at radius 2 is 2.21 bits per heavy atom. The largest absolute Gasteiger partial charge is 0.338 e. The SMILES string of the molecule is Cc1c[pH]c(Cc2nccn2C)c1C. The maximum absolute atomic E-state index is 4.35. The Morgan fingerprint density at radius 3 is 2.71 bits per heavy atom. The molecular formula is C11H15N2P. The Kier molecular flexibility index (Phi) is 2.47. The smallest absolute Gasteiger partial charge is 0.113 e. The standard InChI is InChI=1S/C11H15N2P/c1-8-7-14-10(9(8)2)6-11-12-4-5-13(11)3/h4-5,7,14H,6H2,1-3H3. The monoisotopic (exact) mass is 206 g/mol. The maximum Gasteiger partial charge on any atom is 0.113 e. The van der Waals surface area contributed by atoms with Gasteiger partial charge in [0.15, 0.2) is 0 Å². The minimum absolute atomic E-state index is 0.859. The highest BCUT2D eigenvalue weighted by Crippen LogP contribution is 2.27. The molecule has 0 saturated carbocycles. The van der Waals surface area contributed by atoms with Crippen molar-refractivity contribution in [1.29, 1.82) is 0 Å². The number of aromatic nitrogens is 2. The van der Waals surface area contributed by atoms with E-state index in [1.165, 1.54) is 16.4 Å². The van der Waals surface area contributed by atoms with Gasteiger partial charge >= 0.3 is 0 Å². The first-order valence-corrected chi connectivity index (χ1v) is 5.86. The summed E-state index contributed by atoms with van der Waals surface area (Å²) in [6, 6.07) is 0. The summed E-state index contributed by atoms with van der Waals surface area (Å²) >= 11 is 0. The van der Waals surface area contributed by atoms with Crippen molar-refractivity contribution < 1.29 is 0 Å². The molecule has 0 radical (unpaired) electrons. The van der Waals surface area contributed by atoms with E-state index in [1.807, 2.05) is 12.4 Å². The molecule has 0 bridgehead atoms. The molecule has 2 aromatic rings. The fourth-order valence-electron chi connectivity index (χ4n) is 1.56. The van der Waals surface area contributed by atoms with Crippen LogP contribution in [-0.2, 0) is 13.5 Å². The molecule has 2 rings (SSSR count). The van der Waals surface area contributed by atoms with Crippen LogP contribution in [0.25, 0.3) is 0 Å². The molecule has 0 aromatic carbocycles. The second-order valence-electron chi connectivity index (χ2n) is 3.71. The van der Waals surface area contributed by atoms with E-state index in [1.54, 1.807) is 0 Å². The topological polar surface area (TPSA) is 17.8 Å². The zero-order valence-electron chi connectivity index (χ0n) is 8.83. The van der Waals surface area contributed by atoms with Gasteiger partial charge in [-0.2, -0.15) is 0 Å². The third-order valence-corrected chi connectivity index (χ3v) is 4.24.